The number of benzene rings is 1. The number of halogens is 2. The average molecular weight is 270 g/mol. The van der Waals surface area contributed by atoms with Gasteiger partial charge < -0.3 is 5.32 Å². The van der Waals surface area contributed by atoms with Crippen molar-refractivity contribution in [3.8, 4) is 0 Å². The highest BCUT2D eigenvalue weighted by atomic mass is 35.5. The van der Waals surface area contributed by atoms with Gasteiger partial charge in [-0.05, 0) is 55.3 Å². The number of hydrogen-bond donors (Lipinski definition) is 1. The topological polar surface area (TPSA) is 12.0 Å². The predicted molar refractivity (Wildman–Crippen MR) is 74.5 cm³/mol. The Morgan fingerprint density at radius 1 is 1.33 bits per heavy atom. The van der Waals surface area contributed by atoms with Gasteiger partial charge in [-0.3, -0.25) is 0 Å². The molecule has 2 rings (SSSR count). The largest absolute Gasteiger partial charge is 0.314 e. The van der Waals surface area contributed by atoms with E-state index in [0.29, 0.717) is 11.8 Å². The summed E-state index contributed by atoms with van der Waals surface area (Å²) in [5.74, 6) is 0.825. The average Bonchev–Trinajstić information content (AvgIpc) is 3.14. The van der Waals surface area contributed by atoms with Gasteiger partial charge in [0.25, 0.3) is 0 Å². The second kappa shape index (κ2) is 6.03. The molecule has 2 unspecified atom stereocenters. The van der Waals surface area contributed by atoms with Gasteiger partial charge >= 0.3 is 0 Å². The van der Waals surface area contributed by atoms with Gasteiger partial charge in [-0.25, -0.2) is 4.39 Å². The molecule has 18 heavy (non-hydrogen) atoms. The summed E-state index contributed by atoms with van der Waals surface area (Å²) in [5.41, 5.74) is 1.03. The molecular formula is C15H21ClFN. The van der Waals surface area contributed by atoms with E-state index in [0.717, 1.165) is 24.6 Å². The fourth-order valence-corrected chi connectivity index (χ4v) is 2.20. The molecule has 1 nitrogen and oxygen atoms in total. The van der Waals surface area contributed by atoms with Crippen LogP contribution in [0.15, 0.2) is 18.2 Å². The maximum absolute atomic E-state index is 13.3. The third-order valence-electron chi connectivity index (χ3n) is 3.82. The summed E-state index contributed by atoms with van der Waals surface area (Å²) in [6, 6.07) is 5.88. The van der Waals surface area contributed by atoms with Crippen molar-refractivity contribution in [3.05, 3.63) is 34.6 Å². The van der Waals surface area contributed by atoms with Gasteiger partial charge in [-0.1, -0.05) is 31.5 Å². The first-order valence-electron chi connectivity index (χ1n) is 6.73. The summed E-state index contributed by atoms with van der Waals surface area (Å²) in [7, 11) is 0. The molecule has 0 bridgehead atoms. The van der Waals surface area contributed by atoms with E-state index in [1.807, 2.05) is 6.07 Å². The summed E-state index contributed by atoms with van der Waals surface area (Å²) in [6.07, 6.45) is 3.55. The first-order valence-corrected chi connectivity index (χ1v) is 7.11. The second-order valence-corrected chi connectivity index (χ2v) is 6.00. The van der Waals surface area contributed by atoms with Crippen molar-refractivity contribution in [2.45, 2.75) is 39.2 Å². The SMILES string of the molecule is CC(CNC1CC1)C(C)Cc1ccc(Cl)c(F)c1. The van der Waals surface area contributed by atoms with Gasteiger partial charge in [0.05, 0.1) is 5.02 Å². The monoisotopic (exact) mass is 269 g/mol. The molecule has 0 radical (unpaired) electrons. The van der Waals surface area contributed by atoms with Crippen molar-refractivity contribution in [3.63, 3.8) is 0 Å². The first kappa shape index (κ1) is 13.8. The molecule has 1 aliphatic rings. The van der Waals surface area contributed by atoms with Gasteiger partial charge in [0, 0.05) is 6.04 Å². The van der Waals surface area contributed by atoms with Crippen LogP contribution in [0.1, 0.15) is 32.3 Å². The summed E-state index contributed by atoms with van der Waals surface area (Å²) in [4.78, 5) is 0. The fraction of sp³-hybridized carbons (Fsp3) is 0.600. The van der Waals surface area contributed by atoms with E-state index in [1.54, 1.807) is 12.1 Å². The van der Waals surface area contributed by atoms with Crippen molar-refractivity contribution in [1.29, 1.82) is 0 Å². The molecule has 1 aliphatic carbocycles. The Morgan fingerprint density at radius 2 is 2.06 bits per heavy atom. The minimum absolute atomic E-state index is 0.204. The Balaban J connectivity index is 1.84. The second-order valence-electron chi connectivity index (χ2n) is 5.59. The number of nitrogens with one attached hydrogen (secondary N) is 1. The molecule has 1 aromatic rings. The molecule has 3 heteroatoms. The van der Waals surface area contributed by atoms with Gasteiger partial charge in [-0.2, -0.15) is 0 Å². The van der Waals surface area contributed by atoms with Crippen LogP contribution in [0.3, 0.4) is 0 Å². The zero-order valence-corrected chi connectivity index (χ0v) is 11.8. The van der Waals surface area contributed by atoms with Gasteiger partial charge in [0.1, 0.15) is 5.82 Å². The van der Waals surface area contributed by atoms with E-state index in [4.69, 9.17) is 11.6 Å². The molecule has 0 aromatic heterocycles. The summed E-state index contributed by atoms with van der Waals surface area (Å²) < 4.78 is 13.3. The number of rotatable bonds is 6. The third-order valence-corrected chi connectivity index (χ3v) is 4.13. The quantitative estimate of drug-likeness (QED) is 0.822. The molecule has 0 spiro atoms. The third kappa shape index (κ3) is 3.96. The molecule has 1 N–H and O–H groups in total. The minimum Gasteiger partial charge on any atom is -0.314 e. The summed E-state index contributed by atoms with van der Waals surface area (Å²) in [6.45, 7) is 5.54. The van der Waals surface area contributed by atoms with Crippen molar-refractivity contribution < 1.29 is 4.39 Å². The normalized spacial score (nSPS) is 18.7. The molecule has 0 amide bonds. The Labute approximate surface area is 114 Å². The molecule has 2 atom stereocenters. The van der Waals surface area contributed by atoms with E-state index in [9.17, 15) is 4.39 Å². The maximum Gasteiger partial charge on any atom is 0.142 e. The Hall–Kier alpha value is -0.600. The highest BCUT2D eigenvalue weighted by Gasteiger charge is 2.22. The molecule has 0 heterocycles. The molecule has 100 valence electrons. The highest BCUT2D eigenvalue weighted by Crippen LogP contribution is 2.23. The van der Waals surface area contributed by atoms with Crippen LogP contribution in [0.5, 0.6) is 0 Å². The van der Waals surface area contributed by atoms with Gasteiger partial charge in [0.15, 0.2) is 0 Å². The summed E-state index contributed by atoms with van der Waals surface area (Å²) >= 11 is 5.69. The first-order chi connectivity index (χ1) is 8.56. The predicted octanol–water partition coefficient (Wildman–Crippen LogP) is 4.05. The fourth-order valence-electron chi connectivity index (χ4n) is 2.08. The zero-order valence-electron chi connectivity index (χ0n) is 11.0. The van der Waals surface area contributed by atoms with E-state index in [1.165, 1.54) is 12.8 Å². The lowest BCUT2D eigenvalue weighted by atomic mass is 9.89. The Morgan fingerprint density at radius 3 is 2.67 bits per heavy atom. The van der Waals surface area contributed by atoms with Crippen LogP contribution >= 0.6 is 11.6 Å². The lowest BCUT2D eigenvalue weighted by Gasteiger charge is -2.20. The summed E-state index contributed by atoms with van der Waals surface area (Å²) in [5, 5.41) is 3.75. The zero-order chi connectivity index (χ0) is 13.1. The van der Waals surface area contributed by atoms with Gasteiger partial charge in [0.2, 0.25) is 0 Å². The molecule has 1 aromatic carbocycles. The number of hydrogen-bond acceptors (Lipinski definition) is 1. The van der Waals surface area contributed by atoms with Crippen LogP contribution in [0.25, 0.3) is 0 Å². The molecule has 0 saturated heterocycles. The van der Waals surface area contributed by atoms with Gasteiger partial charge in [-0.15, -0.1) is 0 Å². The maximum atomic E-state index is 13.3. The van der Waals surface area contributed by atoms with Crippen LogP contribution in [0.2, 0.25) is 5.02 Å². The van der Waals surface area contributed by atoms with Crippen molar-refractivity contribution in [2.24, 2.45) is 11.8 Å². The van der Waals surface area contributed by atoms with Crippen LogP contribution in [-0.4, -0.2) is 12.6 Å². The Bertz CT molecular complexity index is 403. The van der Waals surface area contributed by atoms with E-state index < -0.39 is 0 Å². The molecule has 1 saturated carbocycles. The molecule has 1 fully saturated rings. The standard InChI is InChI=1S/C15H21ClFN/c1-10(11(2)9-18-13-4-5-13)7-12-3-6-14(16)15(17)8-12/h3,6,8,10-11,13,18H,4-5,7,9H2,1-2H3. The molecular weight excluding hydrogens is 249 g/mol. The lowest BCUT2D eigenvalue weighted by molar-refractivity contribution is 0.364. The van der Waals surface area contributed by atoms with E-state index in [2.05, 4.69) is 19.2 Å². The highest BCUT2D eigenvalue weighted by molar-refractivity contribution is 6.30. The van der Waals surface area contributed by atoms with Crippen LogP contribution in [-0.2, 0) is 6.42 Å². The van der Waals surface area contributed by atoms with Crippen LogP contribution < -0.4 is 5.32 Å². The van der Waals surface area contributed by atoms with Crippen molar-refractivity contribution in [2.75, 3.05) is 6.54 Å². The van der Waals surface area contributed by atoms with Crippen LogP contribution in [0.4, 0.5) is 4.39 Å². The van der Waals surface area contributed by atoms with Crippen molar-refractivity contribution >= 4 is 11.6 Å². The lowest BCUT2D eigenvalue weighted by Crippen LogP contribution is -2.27. The van der Waals surface area contributed by atoms with Crippen LogP contribution in [0, 0.1) is 17.7 Å². The Kier molecular flexibility index (Phi) is 4.63. The van der Waals surface area contributed by atoms with E-state index in [-0.39, 0.29) is 10.8 Å². The van der Waals surface area contributed by atoms with E-state index >= 15 is 0 Å². The van der Waals surface area contributed by atoms with Crippen molar-refractivity contribution in [1.82, 2.24) is 5.32 Å². The smallest absolute Gasteiger partial charge is 0.142 e. The molecule has 0 aliphatic heterocycles. The minimum atomic E-state index is -0.315.